The Morgan fingerprint density at radius 2 is 2.13 bits per heavy atom. The van der Waals surface area contributed by atoms with Gasteiger partial charge in [-0.15, -0.1) is 0 Å². The summed E-state index contributed by atoms with van der Waals surface area (Å²) >= 11 is 0. The molecule has 1 heterocycles. The molecule has 1 aromatic rings. The van der Waals surface area contributed by atoms with Crippen LogP contribution in [-0.2, 0) is 6.42 Å². The monoisotopic (exact) mass is 208 g/mol. The van der Waals surface area contributed by atoms with Gasteiger partial charge in [0.15, 0.2) is 0 Å². The van der Waals surface area contributed by atoms with Crippen LogP contribution in [0.15, 0.2) is 10.8 Å². The summed E-state index contributed by atoms with van der Waals surface area (Å²) < 4.78 is 5.11. The molecular weight excluding hydrogens is 188 g/mol. The van der Waals surface area contributed by atoms with E-state index >= 15 is 0 Å². The molecule has 2 rings (SSSR count). The SMILES string of the molecule is NCCCc1nocc1C1CCCCC1. The first kappa shape index (κ1) is 10.7. The molecule has 3 nitrogen and oxygen atoms in total. The number of aryl methyl sites for hydroxylation is 1. The minimum atomic E-state index is 0.692. The lowest BCUT2D eigenvalue weighted by molar-refractivity contribution is 0.407. The summed E-state index contributed by atoms with van der Waals surface area (Å²) in [5, 5.41) is 4.10. The van der Waals surface area contributed by atoms with E-state index in [0.29, 0.717) is 5.92 Å². The fraction of sp³-hybridized carbons (Fsp3) is 0.750. The molecule has 0 aromatic carbocycles. The van der Waals surface area contributed by atoms with E-state index in [1.807, 2.05) is 6.26 Å². The van der Waals surface area contributed by atoms with Crippen molar-refractivity contribution < 1.29 is 4.52 Å². The highest BCUT2D eigenvalue weighted by molar-refractivity contribution is 5.20. The molecule has 0 aliphatic heterocycles. The number of rotatable bonds is 4. The lowest BCUT2D eigenvalue weighted by Crippen LogP contribution is -2.07. The third-order valence-electron chi connectivity index (χ3n) is 3.34. The zero-order chi connectivity index (χ0) is 10.5. The van der Waals surface area contributed by atoms with E-state index in [0.717, 1.165) is 25.1 Å². The van der Waals surface area contributed by atoms with E-state index in [1.54, 1.807) is 0 Å². The van der Waals surface area contributed by atoms with E-state index in [4.69, 9.17) is 10.3 Å². The second-order valence-corrected chi connectivity index (χ2v) is 4.44. The van der Waals surface area contributed by atoms with Gasteiger partial charge in [0, 0.05) is 5.56 Å². The van der Waals surface area contributed by atoms with Crippen LogP contribution in [0.2, 0.25) is 0 Å². The van der Waals surface area contributed by atoms with Gasteiger partial charge in [-0.1, -0.05) is 24.4 Å². The molecule has 0 bridgehead atoms. The van der Waals surface area contributed by atoms with Crippen molar-refractivity contribution in [2.45, 2.75) is 50.9 Å². The maximum Gasteiger partial charge on any atom is 0.127 e. The van der Waals surface area contributed by atoms with Crippen LogP contribution in [0, 0.1) is 0 Å². The third kappa shape index (κ3) is 2.59. The zero-order valence-electron chi connectivity index (χ0n) is 9.24. The first-order chi connectivity index (χ1) is 7.42. The van der Waals surface area contributed by atoms with Crippen molar-refractivity contribution in [3.8, 4) is 0 Å². The van der Waals surface area contributed by atoms with Gasteiger partial charge in [-0.05, 0) is 38.1 Å². The maximum atomic E-state index is 5.52. The summed E-state index contributed by atoms with van der Waals surface area (Å²) in [5.74, 6) is 0.692. The van der Waals surface area contributed by atoms with Gasteiger partial charge >= 0.3 is 0 Å². The Morgan fingerprint density at radius 3 is 2.87 bits per heavy atom. The molecule has 15 heavy (non-hydrogen) atoms. The smallest absolute Gasteiger partial charge is 0.127 e. The van der Waals surface area contributed by atoms with Crippen molar-refractivity contribution in [2.75, 3.05) is 6.54 Å². The number of hydrogen-bond acceptors (Lipinski definition) is 3. The first-order valence-electron chi connectivity index (χ1n) is 6.05. The Hall–Kier alpha value is -0.830. The van der Waals surface area contributed by atoms with Crippen molar-refractivity contribution in [3.63, 3.8) is 0 Å². The highest BCUT2D eigenvalue weighted by Gasteiger charge is 2.20. The van der Waals surface area contributed by atoms with Crippen LogP contribution >= 0.6 is 0 Å². The van der Waals surface area contributed by atoms with Crippen molar-refractivity contribution in [1.29, 1.82) is 0 Å². The van der Waals surface area contributed by atoms with Gasteiger partial charge in [0.2, 0.25) is 0 Å². The Bertz CT molecular complexity index is 290. The van der Waals surface area contributed by atoms with E-state index in [-0.39, 0.29) is 0 Å². The number of nitrogens with zero attached hydrogens (tertiary/aromatic N) is 1. The Labute approximate surface area is 91.0 Å². The molecule has 0 spiro atoms. The molecule has 84 valence electrons. The van der Waals surface area contributed by atoms with Gasteiger partial charge in [0.05, 0.1) is 5.69 Å². The summed E-state index contributed by atoms with van der Waals surface area (Å²) in [6.45, 7) is 0.733. The van der Waals surface area contributed by atoms with Crippen LogP contribution in [0.3, 0.4) is 0 Å². The van der Waals surface area contributed by atoms with Gasteiger partial charge in [0.1, 0.15) is 6.26 Å². The highest BCUT2D eigenvalue weighted by atomic mass is 16.5. The van der Waals surface area contributed by atoms with Crippen LogP contribution in [0.5, 0.6) is 0 Å². The molecular formula is C12H20N2O. The maximum absolute atomic E-state index is 5.52. The second kappa shape index (κ2) is 5.31. The molecule has 1 aliphatic carbocycles. The molecule has 1 saturated carbocycles. The fourth-order valence-corrected chi connectivity index (χ4v) is 2.47. The number of hydrogen-bond donors (Lipinski definition) is 1. The number of nitrogens with two attached hydrogens (primary N) is 1. The summed E-state index contributed by atoms with van der Waals surface area (Å²) in [6.07, 6.45) is 10.5. The fourth-order valence-electron chi connectivity index (χ4n) is 2.47. The largest absolute Gasteiger partial charge is 0.364 e. The molecule has 0 atom stereocenters. The van der Waals surface area contributed by atoms with Crippen LogP contribution in [0.25, 0.3) is 0 Å². The van der Waals surface area contributed by atoms with E-state index in [2.05, 4.69) is 5.16 Å². The average molecular weight is 208 g/mol. The summed E-state index contributed by atoms with van der Waals surface area (Å²) in [4.78, 5) is 0. The quantitative estimate of drug-likeness (QED) is 0.827. The van der Waals surface area contributed by atoms with Crippen LogP contribution in [-0.4, -0.2) is 11.7 Å². The van der Waals surface area contributed by atoms with Gasteiger partial charge in [-0.25, -0.2) is 0 Å². The van der Waals surface area contributed by atoms with Gasteiger partial charge < -0.3 is 10.3 Å². The predicted molar refractivity (Wildman–Crippen MR) is 59.7 cm³/mol. The minimum absolute atomic E-state index is 0.692. The molecule has 0 radical (unpaired) electrons. The van der Waals surface area contributed by atoms with Crippen LogP contribution in [0.4, 0.5) is 0 Å². The molecule has 1 aliphatic rings. The normalized spacial score (nSPS) is 18.2. The molecule has 0 amide bonds. The second-order valence-electron chi connectivity index (χ2n) is 4.44. The van der Waals surface area contributed by atoms with E-state index < -0.39 is 0 Å². The Kier molecular flexibility index (Phi) is 3.78. The van der Waals surface area contributed by atoms with Gasteiger partial charge in [-0.2, -0.15) is 0 Å². The van der Waals surface area contributed by atoms with Crippen LogP contribution in [0.1, 0.15) is 55.7 Å². The lowest BCUT2D eigenvalue weighted by atomic mass is 9.84. The summed E-state index contributed by atoms with van der Waals surface area (Å²) in [6, 6.07) is 0. The Balaban J connectivity index is 2.02. The summed E-state index contributed by atoms with van der Waals surface area (Å²) in [7, 11) is 0. The van der Waals surface area contributed by atoms with Crippen molar-refractivity contribution in [2.24, 2.45) is 5.73 Å². The summed E-state index contributed by atoms with van der Waals surface area (Å²) in [5.41, 5.74) is 8.01. The predicted octanol–water partition coefficient (Wildman–Crippen LogP) is 2.61. The van der Waals surface area contributed by atoms with E-state index in [1.165, 1.54) is 37.7 Å². The van der Waals surface area contributed by atoms with E-state index in [9.17, 15) is 0 Å². The van der Waals surface area contributed by atoms with Crippen molar-refractivity contribution >= 4 is 0 Å². The van der Waals surface area contributed by atoms with Crippen molar-refractivity contribution in [3.05, 3.63) is 17.5 Å². The molecule has 0 saturated heterocycles. The number of aromatic nitrogens is 1. The van der Waals surface area contributed by atoms with Crippen LogP contribution < -0.4 is 5.73 Å². The van der Waals surface area contributed by atoms with Gasteiger partial charge in [-0.3, -0.25) is 0 Å². The Morgan fingerprint density at radius 1 is 1.33 bits per heavy atom. The van der Waals surface area contributed by atoms with Crippen molar-refractivity contribution in [1.82, 2.24) is 5.16 Å². The molecule has 2 N–H and O–H groups in total. The molecule has 3 heteroatoms. The third-order valence-corrected chi connectivity index (χ3v) is 3.34. The first-order valence-corrected chi connectivity index (χ1v) is 6.05. The molecule has 0 unspecified atom stereocenters. The standard InChI is InChI=1S/C12H20N2O/c13-8-4-7-12-11(9-15-14-12)10-5-2-1-3-6-10/h9-10H,1-8,13H2. The molecule has 1 aromatic heterocycles. The lowest BCUT2D eigenvalue weighted by Gasteiger charge is -2.20. The van der Waals surface area contributed by atoms with Gasteiger partial charge in [0.25, 0.3) is 0 Å². The zero-order valence-corrected chi connectivity index (χ0v) is 9.24. The average Bonchev–Trinajstić information content (AvgIpc) is 2.75. The topological polar surface area (TPSA) is 52.0 Å². The highest BCUT2D eigenvalue weighted by Crippen LogP contribution is 2.34. The molecule has 1 fully saturated rings. The minimum Gasteiger partial charge on any atom is -0.364 e.